The van der Waals surface area contributed by atoms with Crippen LogP contribution in [0.3, 0.4) is 0 Å². The molecular formula is C16H32O5Si. The minimum atomic E-state index is -2.28. The van der Waals surface area contributed by atoms with E-state index in [9.17, 15) is 9.90 Å². The second-order valence-electron chi connectivity index (χ2n) is 7.56. The summed E-state index contributed by atoms with van der Waals surface area (Å²) < 4.78 is 17.7. The molecule has 6 heteroatoms. The van der Waals surface area contributed by atoms with E-state index in [4.69, 9.17) is 13.9 Å². The van der Waals surface area contributed by atoms with E-state index in [2.05, 4.69) is 41.5 Å². The van der Waals surface area contributed by atoms with Gasteiger partial charge in [0.2, 0.25) is 8.32 Å². The van der Waals surface area contributed by atoms with Crippen molar-refractivity contribution in [3.8, 4) is 0 Å². The van der Waals surface area contributed by atoms with Gasteiger partial charge in [0, 0.05) is 0 Å². The van der Waals surface area contributed by atoms with E-state index in [1.165, 1.54) is 0 Å². The molecule has 1 saturated heterocycles. The van der Waals surface area contributed by atoms with Crippen molar-refractivity contribution in [1.82, 2.24) is 0 Å². The topological polar surface area (TPSA) is 65.0 Å². The predicted molar refractivity (Wildman–Crippen MR) is 88.5 cm³/mol. The van der Waals surface area contributed by atoms with Gasteiger partial charge in [-0.25, -0.2) is 4.79 Å². The fourth-order valence-corrected chi connectivity index (χ4v) is 9.29. The zero-order valence-corrected chi connectivity index (χ0v) is 16.2. The smallest absolute Gasteiger partial charge is 0.334 e. The fourth-order valence-electron chi connectivity index (χ4n) is 3.78. The van der Waals surface area contributed by atoms with Crippen LogP contribution in [0.5, 0.6) is 0 Å². The van der Waals surface area contributed by atoms with Gasteiger partial charge in [0.15, 0.2) is 11.9 Å². The van der Waals surface area contributed by atoms with Gasteiger partial charge >= 0.3 is 5.97 Å². The first-order valence-corrected chi connectivity index (χ1v) is 10.3. The van der Waals surface area contributed by atoms with Crippen molar-refractivity contribution in [3.63, 3.8) is 0 Å². The lowest BCUT2D eigenvalue weighted by Gasteiger charge is -2.44. The molecule has 1 rings (SSSR count). The van der Waals surface area contributed by atoms with Gasteiger partial charge in [-0.1, -0.05) is 41.5 Å². The Bertz CT molecular complexity index is 370. The lowest BCUT2D eigenvalue weighted by Crippen LogP contribution is -2.55. The number of carbonyl (C=O) groups is 1. The Morgan fingerprint density at radius 3 is 1.86 bits per heavy atom. The summed E-state index contributed by atoms with van der Waals surface area (Å²) in [5.74, 6) is -1.72. The number of hydrogen-bond acceptors (Lipinski definition) is 4. The largest absolute Gasteiger partial charge is 0.479 e. The Kier molecular flexibility index (Phi) is 6.23. The highest BCUT2D eigenvalue weighted by Gasteiger charge is 2.51. The Hall–Kier alpha value is -0.433. The lowest BCUT2D eigenvalue weighted by molar-refractivity contribution is -0.166. The summed E-state index contributed by atoms with van der Waals surface area (Å²) >= 11 is 0. The van der Waals surface area contributed by atoms with Crippen LogP contribution < -0.4 is 0 Å². The third-order valence-electron chi connectivity index (χ3n) is 4.65. The molecule has 0 aromatic rings. The molecule has 130 valence electrons. The van der Waals surface area contributed by atoms with Crippen LogP contribution in [-0.4, -0.2) is 44.0 Å². The van der Waals surface area contributed by atoms with Gasteiger partial charge in [-0.3, -0.25) is 0 Å². The van der Waals surface area contributed by atoms with E-state index < -0.39 is 32.3 Å². The van der Waals surface area contributed by atoms with Gasteiger partial charge in [-0.05, 0) is 30.5 Å². The molecule has 5 nitrogen and oxygen atoms in total. The van der Waals surface area contributed by atoms with E-state index in [-0.39, 0.29) is 6.61 Å². The van der Waals surface area contributed by atoms with Crippen LogP contribution >= 0.6 is 0 Å². The Morgan fingerprint density at radius 2 is 1.59 bits per heavy atom. The molecule has 2 atom stereocenters. The number of aliphatic carboxylic acids is 1. The van der Waals surface area contributed by atoms with Gasteiger partial charge < -0.3 is 19.0 Å². The normalized spacial score (nSPS) is 23.5. The van der Waals surface area contributed by atoms with Crippen LogP contribution in [-0.2, 0) is 18.7 Å². The highest BCUT2D eigenvalue weighted by atomic mass is 28.4. The van der Waals surface area contributed by atoms with E-state index in [0.717, 1.165) is 0 Å². The molecule has 0 spiro atoms. The first-order chi connectivity index (χ1) is 9.94. The molecule has 1 fully saturated rings. The quantitative estimate of drug-likeness (QED) is 0.719. The summed E-state index contributed by atoms with van der Waals surface area (Å²) in [5.41, 5.74) is 0.971. The molecule has 0 unspecified atom stereocenters. The van der Waals surface area contributed by atoms with E-state index in [1.54, 1.807) is 13.8 Å². The zero-order valence-electron chi connectivity index (χ0n) is 15.2. The number of hydrogen-bond donors (Lipinski definition) is 1. The van der Waals surface area contributed by atoms with Crippen LogP contribution in [0.4, 0.5) is 0 Å². The van der Waals surface area contributed by atoms with Gasteiger partial charge in [0.05, 0.1) is 6.61 Å². The number of rotatable bonds is 7. The molecule has 0 bridgehead atoms. The minimum absolute atomic E-state index is 0.253. The maximum atomic E-state index is 11.8. The van der Waals surface area contributed by atoms with Crippen LogP contribution in [0.1, 0.15) is 55.4 Å². The van der Waals surface area contributed by atoms with Gasteiger partial charge in [0.1, 0.15) is 6.10 Å². The first-order valence-electron chi connectivity index (χ1n) is 8.16. The summed E-state index contributed by atoms with van der Waals surface area (Å²) in [6, 6.07) is 0. The SMILES string of the molecule is CC(C)[Si](O[C@H](C(=O)O)[C@H]1COC(C)(C)O1)(C(C)C)C(C)C. The maximum absolute atomic E-state index is 11.8. The number of carboxylic acids is 1. The van der Waals surface area contributed by atoms with Gasteiger partial charge in [-0.15, -0.1) is 0 Å². The van der Waals surface area contributed by atoms with Gasteiger partial charge in [-0.2, -0.15) is 0 Å². The van der Waals surface area contributed by atoms with Crippen molar-refractivity contribution in [3.05, 3.63) is 0 Å². The van der Waals surface area contributed by atoms with Crippen LogP contribution in [0.2, 0.25) is 16.6 Å². The third kappa shape index (κ3) is 3.90. The van der Waals surface area contributed by atoms with Crippen molar-refractivity contribution in [2.75, 3.05) is 6.61 Å². The maximum Gasteiger partial charge on any atom is 0.334 e. The van der Waals surface area contributed by atoms with E-state index in [1.807, 2.05) is 0 Å². The molecule has 1 N–H and O–H groups in total. The highest BCUT2D eigenvalue weighted by Crippen LogP contribution is 2.44. The molecular weight excluding hydrogens is 300 g/mol. The van der Waals surface area contributed by atoms with Gasteiger partial charge in [0.25, 0.3) is 0 Å². The second kappa shape index (κ2) is 6.99. The Labute approximate surface area is 135 Å². The molecule has 1 aliphatic rings. The molecule has 1 aliphatic heterocycles. The van der Waals surface area contributed by atoms with Crippen LogP contribution in [0.15, 0.2) is 0 Å². The Morgan fingerprint density at radius 1 is 1.14 bits per heavy atom. The molecule has 22 heavy (non-hydrogen) atoms. The second-order valence-corrected chi connectivity index (χ2v) is 13.0. The molecule has 0 saturated carbocycles. The van der Waals surface area contributed by atoms with Crippen LogP contribution in [0, 0.1) is 0 Å². The average Bonchev–Trinajstić information content (AvgIpc) is 2.68. The molecule has 0 amide bonds. The standard InChI is InChI=1S/C16H32O5Si/c1-10(2)22(11(3)4,12(5)6)21-14(15(17)18)13-9-19-16(7,8)20-13/h10-14H,9H2,1-8H3,(H,17,18)/t13-,14+/m1/s1. The molecule has 0 aromatic carbocycles. The van der Waals surface area contributed by atoms with Crippen molar-refractivity contribution in [1.29, 1.82) is 0 Å². The van der Waals surface area contributed by atoms with Crippen molar-refractivity contribution in [2.45, 2.75) is 90.0 Å². The number of carboxylic acid groups (broad SMARTS) is 1. The molecule has 0 radical (unpaired) electrons. The average molecular weight is 333 g/mol. The lowest BCUT2D eigenvalue weighted by atomic mass is 10.2. The Balaban J connectivity index is 3.09. The van der Waals surface area contributed by atoms with Crippen molar-refractivity contribution in [2.24, 2.45) is 0 Å². The van der Waals surface area contributed by atoms with E-state index >= 15 is 0 Å². The third-order valence-corrected chi connectivity index (χ3v) is 10.7. The minimum Gasteiger partial charge on any atom is -0.479 e. The highest BCUT2D eigenvalue weighted by molar-refractivity contribution is 6.77. The summed E-state index contributed by atoms with van der Waals surface area (Å²) in [7, 11) is -2.28. The van der Waals surface area contributed by atoms with Crippen LogP contribution in [0.25, 0.3) is 0 Å². The zero-order chi connectivity index (χ0) is 17.3. The van der Waals surface area contributed by atoms with Crippen molar-refractivity contribution < 1.29 is 23.8 Å². The first kappa shape index (κ1) is 19.6. The monoisotopic (exact) mass is 332 g/mol. The predicted octanol–water partition coefficient (Wildman–Crippen LogP) is 3.78. The summed E-state index contributed by atoms with van der Waals surface area (Å²) in [6.45, 7) is 16.7. The molecule has 0 aromatic heterocycles. The number of ether oxygens (including phenoxy) is 2. The fraction of sp³-hybridized carbons (Fsp3) is 0.938. The van der Waals surface area contributed by atoms with Crippen molar-refractivity contribution >= 4 is 14.3 Å². The summed E-state index contributed by atoms with van der Waals surface area (Å²) in [4.78, 5) is 11.8. The summed E-state index contributed by atoms with van der Waals surface area (Å²) in [5, 5.41) is 9.67. The molecule has 1 heterocycles. The van der Waals surface area contributed by atoms with E-state index in [0.29, 0.717) is 16.6 Å². The summed E-state index contributed by atoms with van der Waals surface area (Å²) in [6.07, 6.45) is -1.53. The molecule has 0 aliphatic carbocycles.